The molecule has 0 bridgehead atoms. The van der Waals surface area contributed by atoms with Crippen molar-refractivity contribution in [3.63, 3.8) is 0 Å². The second kappa shape index (κ2) is 7.83. The molecule has 0 aromatic carbocycles. The molecule has 0 aliphatic carbocycles. The highest BCUT2D eigenvalue weighted by Gasteiger charge is 2.11. The molecule has 1 rings (SSSR count). The zero-order valence-electron chi connectivity index (χ0n) is 11.8. The zero-order valence-corrected chi connectivity index (χ0v) is 11.8. The van der Waals surface area contributed by atoms with Crippen LogP contribution in [0.25, 0.3) is 0 Å². The Labute approximate surface area is 120 Å². The summed E-state index contributed by atoms with van der Waals surface area (Å²) >= 11 is 0. The van der Waals surface area contributed by atoms with Crippen molar-refractivity contribution >= 4 is 12.1 Å². The molecule has 0 atom stereocenters. The number of nitrogens with one attached hydrogen (secondary N) is 2. The fourth-order valence-corrected chi connectivity index (χ4v) is 1.55. The predicted octanol–water partition coefficient (Wildman–Crippen LogP) is 0.0685. The van der Waals surface area contributed by atoms with Gasteiger partial charge in [-0.1, -0.05) is 19.4 Å². The van der Waals surface area contributed by atoms with E-state index in [0.29, 0.717) is 6.42 Å². The van der Waals surface area contributed by atoms with Crippen LogP contribution >= 0.6 is 0 Å². The topological polar surface area (TPSA) is 117 Å². The van der Waals surface area contributed by atoms with Crippen LogP contribution < -0.4 is 16.7 Å². The maximum Gasteiger partial charge on any atom is 0.331 e. The Balaban J connectivity index is 2.95. The van der Waals surface area contributed by atoms with E-state index in [9.17, 15) is 19.5 Å². The van der Waals surface area contributed by atoms with Crippen molar-refractivity contribution in [2.24, 2.45) is 5.10 Å². The summed E-state index contributed by atoms with van der Waals surface area (Å²) in [6.45, 7) is 5.44. The highest BCUT2D eigenvalue weighted by molar-refractivity contribution is 5.83. The van der Waals surface area contributed by atoms with Gasteiger partial charge >= 0.3 is 5.69 Å². The van der Waals surface area contributed by atoms with E-state index in [1.54, 1.807) is 0 Å². The summed E-state index contributed by atoms with van der Waals surface area (Å²) in [4.78, 5) is 36.5. The Bertz CT molecular complexity index is 657. The molecule has 0 radical (unpaired) electrons. The summed E-state index contributed by atoms with van der Waals surface area (Å²) in [6, 6.07) is 0. The van der Waals surface area contributed by atoms with Crippen LogP contribution in [0.1, 0.15) is 31.7 Å². The number of H-pyrrole nitrogens is 1. The lowest BCUT2D eigenvalue weighted by molar-refractivity contribution is -0.121. The van der Waals surface area contributed by atoms with Crippen LogP contribution in [0.5, 0.6) is 5.88 Å². The molecule has 8 heteroatoms. The molecule has 0 aliphatic heterocycles. The number of hydrazone groups is 1. The summed E-state index contributed by atoms with van der Waals surface area (Å²) in [5.41, 5.74) is 0.494. The van der Waals surface area contributed by atoms with Gasteiger partial charge in [0.1, 0.15) is 5.56 Å². The molecule has 0 spiro atoms. The molecular weight excluding hydrogens is 276 g/mol. The second-order valence-electron chi connectivity index (χ2n) is 4.29. The van der Waals surface area contributed by atoms with E-state index < -0.39 is 17.1 Å². The first-order valence-corrected chi connectivity index (χ1v) is 6.50. The van der Waals surface area contributed by atoms with Gasteiger partial charge in [0.25, 0.3) is 5.56 Å². The molecule has 114 valence electrons. The number of amides is 1. The quantitative estimate of drug-likeness (QED) is 0.375. The van der Waals surface area contributed by atoms with E-state index in [1.807, 2.05) is 11.9 Å². The summed E-state index contributed by atoms with van der Waals surface area (Å²) in [7, 11) is 0. The van der Waals surface area contributed by atoms with Gasteiger partial charge in [-0.2, -0.15) is 5.10 Å². The average molecular weight is 294 g/mol. The number of carbonyl (C=O) groups excluding carboxylic acids is 1. The van der Waals surface area contributed by atoms with Gasteiger partial charge in [-0.05, 0) is 6.42 Å². The molecular formula is C13H18N4O4. The number of hydrogen-bond acceptors (Lipinski definition) is 5. The van der Waals surface area contributed by atoms with Crippen LogP contribution in [0.3, 0.4) is 0 Å². The molecule has 1 heterocycles. The average Bonchev–Trinajstić information content (AvgIpc) is 2.44. The van der Waals surface area contributed by atoms with Crippen molar-refractivity contribution < 1.29 is 9.90 Å². The molecule has 21 heavy (non-hydrogen) atoms. The number of aromatic hydroxyl groups is 1. The minimum Gasteiger partial charge on any atom is -0.494 e. The number of allylic oxidation sites excluding steroid dienone is 1. The molecule has 1 amide bonds. The second-order valence-corrected chi connectivity index (χ2v) is 4.29. The predicted molar refractivity (Wildman–Crippen MR) is 78.4 cm³/mol. The third-order valence-electron chi connectivity index (χ3n) is 2.66. The summed E-state index contributed by atoms with van der Waals surface area (Å²) in [6.07, 6.45) is 4.33. The third-order valence-corrected chi connectivity index (χ3v) is 2.66. The zero-order chi connectivity index (χ0) is 15.8. The van der Waals surface area contributed by atoms with Crippen LogP contribution in [0.2, 0.25) is 0 Å². The van der Waals surface area contributed by atoms with Crippen molar-refractivity contribution in [3.05, 3.63) is 39.1 Å². The van der Waals surface area contributed by atoms with Gasteiger partial charge in [-0.15, -0.1) is 6.58 Å². The van der Waals surface area contributed by atoms with E-state index in [4.69, 9.17) is 0 Å². The standard InChI is InChI=1S/C13H18N4O4/c1-3-5-6-10(18)16-14-8-9-11(19)15-13(21)17(7-4-2)12(9)20/h4,8,20H,2-3,5-7H2,1H3,(H,16,18)(H,15,19,21). The van der Waals surface area contributed by atoms with Crippen molar-refractivity contribution in [1.29, 1.82) is 0 Å². The van der Waals surface area contributed by atoms with Crippen molar-refractivity contribution in [2.45, 2.75) is 32.7 Å². The van der Waals surface area contributed by atoms with Crippen LogP contribution in [0.15, 0.2) is 27.3 Å². The lowest BCUT2D eigenvalue weighted by Crippen LogP contribution is -2.32. The number of carbonyl (C=O) groups is 1. The first kappa shape index (κ1) is 16.4. The number of rotatable bonds is 7. The Morgan fingerprint density at radius 1 is 1.52 bits per heavy atom. The Kier molecular flexibility index (Phi) is 6.12. The SMILES string of the molecule is C=CCn1c(O)c(C=NNC(=O)CCCC)c(=O)[nH]c1=O. The van der Waals surface area contributed by atoms with Crippen LogP contribution in [0.4, 0.5) is 0 Å². The molecule has 0 fully saturated rings. The minimum absolute atomic E-state index is 0.0329. The molecule has 0 aliphatic rings. The number of unbranched alkanes of at least 4 members (excludes halogenated alkanes) is 1. The Morgan fingerprint density at radius 2 is 2.24 bits per heavy atom. The Hall–Kier alpha value is -2.64. The maximum atomic E-state index is 11.6. The van der Waals surface area contributed by atoms with Crippen LogP contribution in [-0.4, -0.2) is 26.8 Å². The number of aromatic amines is 1. The van der Waals surface area contributed by atoms with E-state index in [-0.39, 0.29) is 18.0 Å². The lowest BCUT2D eigenvalue weighted by Gasteiger charge is -2.06. The third kappa shape index (κ3) is 4.44. The van der Waals surface area contributed by atoms with Gasteiger partial charge in [0.2, 0.25) is 11.8 Å². The number of aromatic nitrogens is 2. The number of nitrogens with zero attached hydrogens (tertiary/aromatic N) is 2. The van der Waals surface area contributed by atoms with E-state index in [2.05, 4.69) is 17.1 Å². The summed E-state index contributed by atoms with van der Waals surface area (Å²) in [5, 5.41) is 13.5. The van der Waals surface area contributed by atoms with Crippen LogP contribution in [-0.2, 0) is 11.3 Å². The largest absolute Gasteiger partial charge is 0.494 e. The summed E-state index contributed by atoms with van der Waals surface area (Å²) in [5.74, 6) is -0.821. The van der Waals surface area contributed by atoms with E-state index >= 15 is 0 Å². The minimum atomic E-state index is -0.788. The van der Waals surface area contributed by atoms with E-state index in [1.165, 1.54) is 6.08 Å². The normalized spacial score (nSPS) is 10.7. The molecule has 1 aromatic heterocycles. The highest BCUT2D eigenvalue weighted by Crippen LogP contribution is 2.07. The van der Waals surface area contributed by atoms with Crippen LogP contribution in [0, 0.1) is 0 Å². The molecule has 0 saturated heterocycles. The van der Waals surface area contributed by atoms with Gasteiger partial charge in [-0.3, -0.25) is 19.1 Å². The van der Waals surface area contributed by atoms with Crippen molar-refractivity contribution in [1.82, 2.24) is 15.0 Å². The first-order valence-electron chi connectivity index (χ1n) is 6.50. The highest BCUT2D eigenvalue weighted by atomic mass is 16.3. The van der Waals surface area contributed by atoms with Gasteiger partial charge in [0, 0.05) is 13.0 Å². The molecule has 1 aromatic rings. The number of hydrogen-bond donors (Lipinski definition) is 3. The smallest absolute Gasteiger partial charge is 0.331 e. The van der Waals surface area contributed by atoms with E-state index in [0.717, 1.165) is 23.6 Å². The van der Waals surface area contributed by atoms with Gasteiger partial charge < -0.3 is 5.11 Å². The lowest BCUT2D eigenvalue weighted by atomic mass is 10.2. The van der Waals surface area contributed by atoms with Gasteiger partial charge in [0.15, 0.2) is 0 Å². The van der Waals surface area contributed by atoms with Gasteiger partial charge in [-0.25, -0.2) is 10.2 Å². The van der Waals surface area contributed by atoms with Gasteiger partial charge in [0.05, 0.1) is 6.21 Å². The molecule has 3 N–H and O–H groups in total. The first-order chi connectivity index (χ1) is 10.0. The summed E-state index contributed by atoms with van der Waals surface area (Å²) < 4.78 is 0.925. The van der Waals surface area contributed by atoms with Crippen molar-refractivity contribution in [2.75, 3.05) is 0 Å². The fourth-order valence-electron chi connectivity index (χ4n) is 1.55. The van der Waals surface area contributed by atoms with Crippen molar-refractivity contribution in [3.8, 4) is 5.88 Å². The maximum absolute atomic E-state index is 11.6. The monoisotopic (exact) mass is 294 g/mol. The molecule has 0 unspecified atom stereocenters. The molecule has 8 nitrogen and oxygen atoms in total. The molecule has 0 saturated carbocycles. The Morgan fingerprint density at radius 3 is 2.86 bits per heavy atom. The fraction of sp³-hybridized carbons (Fsp3) is 0.385.